The highest BCUT2D eigenvalue weighted by atomic mass is 35.5. The van der Waals surface area contributed by atoms with Crippen molar-refractivity contribution in [2.75, 3.05) is 18.5 Å². The Labute approximate surface area is 87.8 Å². The topological polar surface area (TPSA) is 60.2 Å². The fourth-order valence-electron chi connectivity index (χ4n) is 0.954. The number of rotatable bonds is 6. The molecule has 0 aromatic carbocycles. The highest BCUT2D eigenvalue weighted by molar-refractivity contribution is 6.16. The van der Waals surface area contributed by atoms with E-state index in [1.54, 1.807) is 0 Å². The summed E-state index contributed by atoms with van der Waals surface area (Å²) >= 11 is 5.50. The predicted octanol–water partition coefficient (Wildman–Crippen LogP) is 1.65. The van der Waals surface area contributed by atoms with Gasteiger partial charge in [-0.05, 0) is 13.8 Å². The van der Waals surface area contributed by atoms with E-state index in [4.69, 9.17) is 20.8 Å². The fourth-order valence-corrected chi connectivity index (χ4v) is 1.06. The van der Waals surface area contributed by atoms with Crippen molar-refractivity contribution in [1.29, 1.82) is 0 Å². The second-order valence-electron chi connectivity index (χ2n) is 2.78. The van der Waals surface area contributed by atoms with Crippen LogP contribution in [0, 0.1) is 0 Å². The minimum atomic E-state index is 0.117. The van der Waals surface area contributed by atoms with Crippen LogP contribution in [0.3, 0.4) is 0 Å². The first-order valence-corrected chi connectivity index (χ1v) is 5.03. The highest BCUT2D eigenvalue weighted by Crippen LogP contribution is 2.07. The van der Waals surface area contributed by atoms with Crippen molar-refractivity contribution < 1.29 is 9.15 Å². The molecule has 0 radical (unpaired) electrons. The molecule has 1 unspecified atom stereocenters. The number of halogens is 1. The zero-order valence-corrected chi connectivity index (χ0v) is 9.04. The zero-order chi connectivity index (χ0) is 10.4. The number of anilines is 1. The van der Waals surface area contributed by atoms with Gasteiger partial charge in [-0.25, -0.2) is 0 Å². The molecule has 1 N–H and O–H groups in total. The Morgan fingerprint density at radius 1 is 1.57 bits per heavy atom. The maximum Gasteiger partial charge on any atom is 0.315 e. The predicted molar refractivity (Wildman–Crippen MR) is 53.4 cm³/mol. The highest BCUT2D eigenvalue weighted by Gasteiger charge is 2.06. The Morgan fingerprint density at radius 2 is 2.36 bits per heavy atom. The summed E-state index contributed by atoms with van der Waals surface area (Å²) in [6, 6.07) is 0.382. The van der Waals surface area contributed by atoms with Gasteiger partial charge in [0.2, 0.25) is 5.89 Å². The number of nitrogens with zero attached hydrogens (tertiary/aromatic N) is 2. The second-order valence-corrected chi connectivity index (χ2v) is 3.05. The van der Waals surface area contributed by atoms with E-state index >= 15 is 0 Å². The number of alkyl halides is 1. The number of nitrogens with one attached hydrogen (secondary N) is 1. The summed E-state index contributed by atoms with van der Waals surface area (Å²) in [6.45, 7) is 5.25. The maximum atomic E-state index is 5.50. The van der Waals surface area contributed by atoms with Gasteiger partial charge in [0.05, 0.1) is 6.10 Å². The molecule has 0 amide bonds. The van der Waals surface area contributed by atoms with E-state index < -0.39 is 0 Å². The van der Waals surface area contributed by atoms with E-state index in [0.29, 0.717) is 25.1 Å². The van der Waals surface area contributed by atoms with Gasteiger partial charge in [0, 0.05) is 13.2 Å². The van der Waals surface area contributed by atoms with Crippen molar-refractivity contribution in [3.8, 4) is 0 Å². The van der Waals surface area contributed by atoms with Crippen molar-refractivity contribution in [1.82, 2.24) is 10.2 Å². The average Bonchev–Trinajstić information content (AvgIpc) is 2.63. The second kappa shape index (κ2) is 5.82. The lowest BCUT2D eigenvalue weighted by Gasteiger charge is -2.10. The number of aromatic nitrogens is 2. The van der Waals surface area contributed by atoms with Crippen molar-refractivity contribution >= 4 is 17.6 Å². The van der Waals surface area contributed by atoms with Crippen LogP contribution in [-0.2, 0) is 10.6 Å². The Bertz CT molecular complexity index is 267. The Morgan fingerprint density at radius 3 is 2.93 bits per heavy atom. The monoisotopic (exact) mass is 219 g/mol. The third-order valence-electron chi connectivity index (χ3n) is 1.57. The molecular weight excluding hydrogens is 206 g/mol. The van der Waals surface area contributed by atoms with Crippen LogP contribution in [0.1, 0.15) is 19.7 Å². The molecule has 1 rings (SSSR count). The quantitative estimate of drug-likeness (QED) is 0.738. The Balaban J connectivity index is 2.30. The zero-order valence-electron chi connectivity index (χ0n) is 8.29. The minimum absolute atomic E-state index is 0.117. The molecule has 1 aromatic heterocycles. The average molecular weight is 220 g/mol. The third-order valence-corrected chi connectivity index (χ3v) is 1.80. The molecular formula is C8H14ClN3O2. The van der Waals surface area contributed by atoms with Gasteiger partial charge < -0.3 is 14.5 Å². The summed E-state index contributed by atoms with van der Waals surface area (Å²) in [5, 5.41) is 10.4. The molecule has 0 spiro atoms. The van der Waals surface area contributed by atoms with E-state index in [1.807, 2.05) is 13.8 Å². The van der Waals surface area contributed by atoms with Crippen molar-refractivity contribution in [3.05, 3.63) is 5.89 Å². The molecule has 1 heterocycles. The summed E-state index contributed by atoms with van der Waals surface area (Å²) in [5.41, 5.74) is 0. The summed E-state index contributed by atoms with van der Waals surface area (Å²) in [4.78, 5) is 0. The van der Waals surface area contributed by atoms with Gasteiger partial charge in [-0.15, -0.1) is 16.7 Å². The first-order valence-electron chi connectivity index (χ1n) is 4.50. The largest absolute Gasteiger partial charge is 0.407 e. The molecule has 80 valence electrons. The molecule has 0 fully saturated rings. The summed E-state index contributed by atoms with van der Waals surface area (Å²) in [5.74, 6) is 0.647. The molecule has 1 atom stereocenters. The SMILES string of the molecule is CCOC(C)CNc1nnc(CCl)o1. The Hall–Kier alpha value is -0.810. The standard InChI is InChI=1S/C8H14ClN3O2/c1-3-13-6(2)5-10-8-12-11-7(4-9)14-8/h6H,3-5H2,1-2H3,(H,10,12). The lowest BCUT2D eigenvalue weighted by molar-refractivity contribution is 0.0851. The van der Waals surface area contributed by atoms with E-state index in [2.05, 4.69) is 15.5 Å². The third kappa shape index (κ3) is 3.51. The van der Waals surface area contributed by atoms with Gasteiger partial charge in [0.1, 0.15) is 5.88 Å². The molecule has 0 saturated carbocycles. The van der Waals surface area contributed by atoms with E-state index in [-0.39, 0.29) is 12.0 Å². The van der Waals surface area contributed by atoms with Gasteiger partial charge in [-0.1, -0.05) is 5.10 Å². The lowest BCUT2D eigenvalue weighted by atomic mass is 10.4. The number of ether oxygens (including phenoxy) is 1. The van der Waals surface area contributed by atoms with Crippen LogP contribution < -0.4 is 5.32 Å². The number of hydrogen-bond donors (Lipinski definition) is 1. The van der Waals surface area contributed by atoms with Crippen LogP contribution in [0.25, 0.3) is 0 Å². The van der Waals surface area contributed by atoms with E-state index in [9.17, 15) is 0 Å². The fraction of sp³-hybridized carbons (Fsp3) is 0.750. The van der Waals surface area contributed by atoms with Crippen LogP contribution in [0.2, 0.25) is 0 Å². The van der Waals surface area contributed by atoms with Gasteiger partial charge in [0.15, 0.2) is 0 Å². The number of hydrogen-bond acceptors (Lipinski definition) is 5. The van der Waals surface area contributed by atoms with Crippen LogP contribution in [0.15, 0.2) is 4.42 Å². The molecule has 14 heavy (non-hydrogen) atoms. The van der Waals surface area contributed by atoms with E-state index in [0.717, 1.165) is 0 Å². The molecule has 0 bridgehead atoms. The molecule has 0 aliphatic rings. The molecule has 0 aliphatic heterocycles. The maximum absolute atomic E-state index is 5.50. The first kappa shape index (κ1) is 11.3. The van der Waals surface area contributed by atoms with Crippen LogP contribution in [0.5, 0.6) is 0 Å². The van der Waals surface area contributed by atoms with Crippen molar-refractivity contribution in [2.45, 2.75) is 25.8 Å². The molecule has 1 aromatic rings. The van der Waals surface area contributed by atoms with Gasteiger partial charge in [0.25, 0.3) is 0 Å². The molecule has 6 heteroatoms. The van der Waals surface area contributed by atoms with Gasteiger partial charge >= 0.3 is 6.01 Å². The van der Waals surface area contributed by atoms with Crippen molar-refractivity contribution in [3.63, 3.8) is 0 Å². The van der Waals surface area contributed by atoms with Gasteiger partial charge in [-0.2, -0.15) is 0 Å². The van der Waals surface area contributed by atoms with Crippen LogP contribution in [0.4, 0.5) is 6.01 Å². The molecule has 5 nitrogen and oxygen atoms in total. The van der Waals surface area contributed by atoms with E-state index in [1.165, 1.54) is 0 Å². The summed E-state index contributed by atoms with van der Waals surface area (Å²) < 4.78 is 10.5. The molecule has 0 saturated heterocycles. The van der Waals surface area contributed by atoms with Gasteiger partial charge in [-0.3, -0.25) is 0 Å². The first-order chi connectivity index (χ1) is 6.76. The molecule has 0 aliphatic carbocycles. The Kier molecular flexibility index (Phi) is 4.69. The minimum Gasteiger partial charge on any atom is -0.407 e. The summed E-state index contributed by atoms with van der Waals surface area (Å²) in [6.07, 6.45) is 0.117. The lowest BCUT2D eigenvalue weighted by Crippen LogP contribution is -2.19. The smallest absolute Gasteiger partial charge is 0.315 e. The summed E-state index contributed by atoms with van der Waals surface area (Å²) in [7, 11) is 0. The van der Waals surface area contributed by atoms with Crippen LogP contribution in [-0.4, -0.2) is 29.5 Å². The normalized spacial score (nSPS) is 12.8. The van der Waals surface area contributed by atoms with Crippen molar-refractivity contribution in [2.24, 2.45) is 0 Å². The van der Waals surface area contributed by atoms with Crippen LogP contribution >= 0.6 is 11.6 Å².